The van der Waals surface area contributed by atoms with Gasteiger partial charge in [0, 0.05) is 10.6 Å². The molecule has 0 saturated carbocycles. The first-order chi connectivity index (χ1) is 10.1. The van der Waals surface area contributed by atoms with Crippen molar-refractivity contribution in [3.05, 3.63) is 64.7 Å². The Balaban J connectivity index is 1.92. The monoisotopic (exact) mass is 319 g/mol. The molecule has 0 bridgehead atoms. The molecule has 0 unspecified atom stereocenters. The smallest absolute Gasteiger partial charge is 0.184 e. The van der Waals surface area contributed by atoms with Gasteiger partial charge in [-0.3, -0.25) is 5.43 Å². The number of nitrogens with zero attached hydrogens (tertiary/aromatic N) is 1. The molecular weight excluding hydrogens is 306 g/mol. The summed E-state index contributed by atoms with van der Waals surface area (Å²) in [5.41, 5.74) is 9.61. The molecule has 0 heterocycles. The first-order valence-corrected chi connectivity index (χ1v) is 6.98. The second kappa shape index (κ2) is 7.61. The molecule has 0 spiro atoms. The van der Waals surface area contributed by atoms with Gasteiger partial charge in [0.05, 0.1) is 6.21 Å². The Labute approximate surface area is 133 Å². The molecule has 2 aromatic rings. The molecule has 4 nitrogen and oxygen atoms in total. The van der Waals surface area contributed by atoms with Crippen molar-refractivity contribution >= 4 is 35.1 Å². The van der Waals surface area contributed by atoms with E-state index in [1.807, 2.05) is 48.5 Å². The molecule has 2 aromatic carbocycles. The predicted molar refractivity (Wildman–Crippen MR) is 89.7 cm³/mol. The van der Waals surface area contributed by atoms with E-state index in [0.717, 1.165) is 16.9 Å². The fraction of sp³-hybridized carbons (Fsp3) is 0.0667. The van der Waals surface area contributed by atoms with Crippen LogP contribution < -0.4 is 15.9 Å². The first-order valence-electron chi connectivity index (χ1n) is 6.20. The van der Waals surface area contributed by atoms with Crippen LogP contribution in [0.1, 0.15) is 11.1 Å². The van der Waals surface area contributed by atoms with Crippen molar-refractivity contribution in [1.82, 2.24) is 5.43 Å². The number of hydrogen-bond acceptors (Lipinski definition) is 3. The third kappa shape index (κ3) is 5.06. The predicted octanol–water partition coefficient (Wildman–Crippen LogP) is 3.09. The summed E-state index contributed by atoms with van der Waals surface area (Å²) in [6.07, 6.45) is 1.62. The van der Waals surface area contributed by atoms with Gasteiger partial charge in [-0.1, -0.05) is 29.8 Å². The highest BCUT2D eigenvalue weighted by Crippen LogP contribution is 2.18. The summed E-state index contributed by atoms with van der Waals surface area (Å²) in [6.45, 7) is 0.427. The van der Waals surface area contributed by atoms with Crippen LogP contribution in [0.3, 0.4) is 0 Å². The fourth-order valence-electron chi connectivity index (χ4n) is 1.60. The van der Waals surface area contributed by atoms with E-state index in [1.54, 1.807) is 6.21 Å². The summed E-state index contributed by atoms with van der Waals surface area (Å²) < 4.78 is 5.69. The molecule has 6 heteroatoms. The number of benzene rings is 2. The largest absolute Gasteiger partial charge is 0.489 e. The van der Waals surface area contributed by atoms with Crippen LogP contribution in [0.2, 0.25) is 5.02 Å². The zero-order valence-electron chi connectivity index (χ0n) is 11.1. The van der Waals surface area contributed by atoms with Gasteiger partial charge < -0.3 is 10.5 Å². The number of hydrogen-bond donors (Lipinski definition) is 2. The van der Waals surface area contributed by atoms with Crippen molar-refractivity contribution in [2.24, 2.45) is 10.8 Å². The van der Waals surface area contributed by atoms with E-state index in [9.17, 15) is 0 Å². The Morgan fingerprint density at radius 3 is 2.62 bits per heavy atom. The van der Waals surface area contributed by atoms with Crippen molar-refractivity contribution in [2.45, 2.75) is 6.61 Å². The number of thiocarbonyl (C=S) groups is 1. The van der Waals surface area contributed by atoms with Crippen molar-refractivity contribution in [1.29, 1.82) is 0 Å². The van der Waals surface area contributed by atoms with Crippen LogP contribution in [0.15, 0.2) is 53.6 Å². The third-order valence-corrected chi connectivity index (χ3v) is 3.08. The van der Waals surface area contributed by atoms with Crippen LogP contribution >= 0.6 is 23.8 Å². The zero-order valence-corrected chi connectivity index (χ0v) is 12.7. The van der Waals surface area contributed by atoms with Crippen molar-refractivity contribution in [2.75, 3.05) is 0 Å². The zero-order chi connectivity index (χ0) is 15.1. The van der Waals surface area contributed by atoms with Gasteiger partial charge >= 0.3 is 0 Å². The molecule has 0 aromatic heterocycles. The van der Waals surface area contributed by atoms with Gasteiger partial charge in [0.15, 0.2) is 5.11 Å². The van der Waals surface area contributed by atoms with Crippen LogP contribution in [0, 0.1) is 0 Å². The Morgan fingerprint density at radius 1 is 1.24 bits per heavy atom. The normalized spacial score (nSPS) is 10.5. The molecule has 0 fully saturated rings. The lowest BCUT2D eigenvalue weighted by Gasteiger charge is -2.07. The number of hydrazone groups is 1. The SMILES string of the molecule is NC(=S)NN=Cc1ccc(OCc2ccccc2Cl)cc1. The summed E-state index contributed by atoms with van der Waals surface area (Å²) in [5, 5.41) is 4.71. The van der Waals surface area contributed by atoms with Crippen LogP contribution in [0.4, 0.5) is 0 Å². The van der Waals surface area contributed by atoms with Gasteiger partial charge in [0.2, 0.25) is 0 Å². The third-order valence-electron chi connectivity index (χ3n) is 2.62. The van der Waals surface area contributed by atoms with E-state index in [2.05, 4.69) is 22.7 Å². The number of rotatable bonds is 5. The molecule has 0 aliphatic heterocycles. The van der Waals surface area contributed by atoms with Crippen molar-refractivity contribution in [3.8, 4) is 5.75 Å². The molecule has 0 aliphatic rings. The van der Waals surface area contributed by atoms with Gasteiger partial charge in [-0.15, -0.1) is 0 Å². The van der Waals surface area contributed by atoms with Crippen LogP contribution in [-0.2, 0) is 6.61 Å². The van der Waals surface area contributed by atoms with Gasteiger partial charge in [-0.05, 0) is 48.1 Å². The average molecular weight is 320 g/mol. The molecule has 21 heavy (non-hydrogen) atoms. The molecule has 0 atom stereocenters. The van der Waals surface area contributed by atoms with E-state index >= 15 is 0 Å². The molecule has 2 rings (SSSR count). The number of ether oxygens (including phenoxy) is 1. The molecule has 0 saturated heterocycles. The summed E-state index contributed by atoms with van der Waals surface area (Å²) in [5.74, 6) is 0.759. The number of halogens is 1. The highest BCUT2D eigenvalue weighted by atomic mass is 35.5. The van der Waals surface area contributed by atoms with Gasteiger partial charge in [-0.2, -0.15) is 5.10 Å². The number of nitrogens with two attached hydrogens (primary N) is 1. The van der Waals surface area contributed by atoms with Gasteiger partial charge in [0.1, 0.15) is 12.4 Å². The lowest BCUT2D eigenvalue weighted by molar-refractivity contribution is 0.306. The Hall–Kier alpha value is -2.11. The standard InChI is InChI=1S/C15H14ClN3OS/c16-14-4-2-1-3-12(14)10-20-13-7-5-11(6-8-13)9-18-19-15(17)21/h1-9H,10H2,(H3,17,19,21). The van der Waals surface area contributed by atoms with Crippen molar-refractivity contribution < 1.29 is 4.74 Å². The Morgan fingerprint density at radius 2 is 1.95 bits per heavy atom. The van der Waals surface area contributed by atoms with E-state index in [0.29, 0.717) is 11.6 Å². The molecule has 0 amide bonds. The summed E-state index contributed by atoms with van der Waals surface area (Å²) in [4.78, 5) is 0. The molecule has 3 N–H and O–H groups in total. The van der Waals surface area contributed by atoms with E-state index in [1.165, 1.54) is 0 Å². The summed E-state index contributed by atoms with van der Waals surface area (Å²) in [6, 6.07) is 15.1. The number of nitrogens with one attached hydrogen (secondary N) is 1. The maximum atomic E-state index is 6.07. The van der Waals surface area contributed by atoms with Crippen molar-refractivity contribution in [3.63, 3.8) is 0 Å². The van der Waals surface area contributed by atoms with Gasteiger partial charge in [-0.25, -0.2) is 0 Å². The molecule has 0 aliphatic carbocycles. The minimum absolute atomic E-state index is 0.131. The average Bonchev–Trinajstić information content (AvgIpc) is 2.47. The topological polar surface area (TPSA) is 59.6 Å². The van der Waals surface area contributed by atoms with E-state index < -0.39 is 0 Å². The molecule has 0 radical (unpaired) electrons. The van der Waals surface area contributed by atoms with Crippen LogP contribution in [-0.4, -0.2) is 11.3 Å². The minimum Gasteiger partial charge on any atom is -0.489 e. The first kappa shape index (κ1) is 15.3. The summed E-state index contributed by atoms with van der Waals surface area (Å²) >= 11 is 10.7. The molecule has 108 valence electrons. The Bertz CT molecular complexity index is 644. The summed E-state index contributed by atoms with van der Waals surface area (Å²) in [7, 11) is 0. The lowest BCUT2D eigenvalue weighted by atomic mass is 10.2. The minimum atomic E-state index is 0.131. The van der Waals surface area contributed by atoms with Crippen LogP contribution in [0.25, 0.3) is 0 Å². The van der Waals surface area contributed by atoms with E-state index in [4.69, 9.17) is 22.1 Å². The van der Waals surface area contributed by atoms with Crippen LogP contribution in [0.5, 0.6) is 5.75 Å². The fourth-order valence-corrected chi connectivity index (χ4v) is 1.84. The Kier molecular flexibility index (Phi) is 5.54. The second-order valence-corrected chi connectivity index (χ2v) is 5.03. The maximum absolute atomic E-state index is 6.07. The lowest BCUT2D eigenvalue weighted by Crippen LogP contribution is -2.23. The second-order valence-electron chi connectivity index (χ2n) is 4.18. The highest BCUT2D eigenvalue weighted by Gasteiger charge is 2.00. The maximum Gasteiger partial charge on any atom is 0.184 e. The highest BCUT2D eigenvalue weighted by molar-refractivity contribution is 7.80. The van der Waals surface area contributed by atoms with E-state index in [-0.39, 0.29) is 5.11 Å². The molecular formula is C15H14ClN3OS. The quantitative estimate of drug-likeness (QED) is 0.505. The van der Waals surface area contributed by atoms with Gasteiger partial charge in [0.25, 0.3) is 0 Å².